The first-order valence-electron chi connectivity index (χ1n) is 6.77. The Balaban J connectivity index is 2.40. The fraction of sp³-hybridized carbons (Fsp3) is 0.583. The van der Waals surface area contributed by atoms with E-state index in [1.807, 2.05) is 4.90 Å². The predicted octanol–water partition coefficient (Wildman–Crippen LogP) is -3.06. The maximum atomic E-state index is 11.7. The maximum absolute atomic E-state index is 11.7. The highest BCUT2D eigenvalue weighted by Crippen LogP contribution is 1.88. The summed E-state index contributed by atoms with van der Waals surface area (Å²) in [6.45, 7) is 3.57. The lowest BCUT2D eigenvalue weighted by Gasteiger charge is -2.20. The largest absolute Gasteiger partial charge is 0.355 e. The van der Waals surface area contributed by atoms with E-state index in [2.05, 4.69) is 15.3 Å². The van der Waals surface area contributed by atoms with Gasteiger partial charge in [-0.25, -0.2) is 4.79 Å². The molecule has 1 aromatic rings. The van der Waals surface area contributed by atoms with E-state index in [4.69, 9.17) is 11.5 Å². The number of carbonyl (C=O) groups excluding carboxylic acids is 1. The quantitative estimate of drug-likeness (QED) is 0.327. The van der Waals surface area contributed by atoms with Gasteiger partial charge in [-0.3, -0.25) is 19.5 Å². The number of carbonyl (C=O) groups is 1. The molecule has 0 saturated carbocycles. The Morgan fingerprint density at radius 2 is 1.86 bits per heavy atom. The third-order valence-corrected chi connectivity index (χ3v) is 2.89. The molecule has 9 heteroatoms. The van der Waals surface area contributed by atoms with Crippen LogP contribution in [0.15, 0.2) is 15.8 Å². The summed E-state index contributed by atoms with van der Waals surface area (Å²) in [6, 6.07) is 0. The molecule has 118 valence electrons. The van der Waals surface area contributed by atoms with E-state index in [1.165, 1.54) is 6.20 Å². The van der Waals surface area contributed by atoms with Crippen LogP contribution in [0, 0.1) is 0 Å². The third-order valence-electron chi connectivity index (χ3n) is 2.89. The van der Waals surface area contributed by atoms with Gasteiger partial charge in [-0.15, -0.1) is 0 Å². The number of hydrogen-bond acceptors (Lipinski definition) is 6. The Morgan fingerprint density at radius 1 is 1.19 bits per heavy atom. The van der Waals surface area contributed by atoms with Gasteiger partial charge in [0.2, 0.25) is 5.91 Å². The monoisotopic (exact) mass is 298 g/mol. The molecule has 9 nitrogen and oxygen atoms in total. The van der Waals surface area contributed by atoms with Crippen molar-refractivity contribution < 1.29 is 4.79 Å². The molecule has 1 amide bonds. The van der Waals surface area contributed by atoms with Crippen molar-refractivity contribution in [1.29, 1.82) is 0 Å². The molecule has 21 heavy (non-hydrogen) atoms. The number of nitrogens with one attached hydrogen (secondary N) is 3. The van der Waals surface area contributed by atoms with Crippen molar-refractivity contribution in [2.24, 2.45) is 11.5 Å². The standard InChI is InChI=1S/C12H22N6O3/c13-1-4-18(5-2-14)6-3-15-10(19)7-9-8-16-12(21)17-11(9)20/h8H,1-7,13-14H2,(H,15,19)(H2,16,17,20,21). The van der Waals surface area contributed by atoms with Crippen LogP contribution in [0.25, 0.3) is 0 Å². The molecule has 1 aromatic heterocycles. The summed E-state index contributed by atoms with van der Waals surface area (Å²) < 4.78 is 0. The van der Waals surface area contributed by atoms with Gasteiger partial charge in [-0.05, 0) is 0 Å². The highest BCUT2D eigenvalue weighted by molar-refractivity contribution is 5.78. The fourth-order valence-electron chi connectivity index (χ4n) is 1.86. The number of H-pyrrole nitrogens is 2. The molecule has 0 atom stereocenters. The Hall–Kier alpha value is -1.97. The molecule has 0 fully saturated rings. The van der Waals surface area contributed by atoms with Crippen LogP contribution in [0.5, 0.6) is 0 Å². The first-order valence-corrected chi connectivity index (χ1v) is 6.77. The van der Waals surface area contributed by atoms with Crippen molar-refractivity contribution in [2.45, 2.75) is 6.42 Å². The van der Waals surface area contributed by atoms with Crippen molar-refractivity contribution in [3.63, 3.8) is 0 Å². The molecule has 0 bridgehead atoms. The van der Waals surface area contributed by atoms with E-state index in [0.29, 0.717) is 39.3 Å². The lowest BCUT2D eigenvalue weighted by molar-refractivity contribution is -0.120. The van der Waals surface area contributed by atoms with Crippen LogP contribution in [0.3, 0.4) is 0 Å². The molecule has 0 spiro atoms. The molecule has 0 aliphatic rings. The molecular formula is C12H22N6O3. The van der Waals surface area contributed by atoms with Gasteiger partial charge in [0.25, 0.3) is 5.56 Å². The van der Waals surface area contributed by atoms with Gasteiger partial charge in [-0.1, -0.05) is 0 Å². The summed E-state index contributed by atoms with van der Waals surface area (Å²) in [5, 5.41) is 2.71. The van der Waals surface area contributed by atoms with Gasteiger partial charge < -0.3 is 21.8 Å². The minimum absolute atomic E-state index is 0.0834. The number of amides is 1. The van der Waals surface area contributed by atoms with Crippen molar-refractivity contribution in [3.05, 3.63) is 32.6 Å². The first-order chi connectivity index (χ1) is 10.1. The first kappa shape index (κ1) is 17.1. The Labute approximate surface area is 121 Å². The van der Waals surface area contributed by atoms with E-state index in [0.717, 1.165) is 0 Å². The number of nitrogens with zero attached hydrogens (tertiary/aromatic N) is 1. The van der Waals surface area contributed by atoms with Crippen LogP contribution in [-0.2, 0) is 11.2 Å². The van der Waals surface area contributed by atoms with E-state index >= 15 is 0 Å². The molecule has 1 rings (SSSR count). The molecule has 0 radical (unpaired) electrons. The zero-order valence-electron chi connectivity index (χ0n) is 11.9. The molecule has 0 aliphatic heterocycles. The summed E-state index contributed by atoms with van der Waals surface area (Å²) in [5.41, 5.74) is 10.0. The molecule has 0 saturated heterocycles. The topological polar surface area (TPSA) is 150 Å². The number of hydrogen-bond donors (Lipinski definition) is 5. The van der Waals surface area contributed by atoms with Crippen molar-refractivity contribution >= 4 is 5.91 Å². The molecule has 0 aromatic carbocycles. The number of rotatable bonds is 9. The van der Waals surface area contributed by atoms with Crippen LogP contribution in [0.4, 0.5) is 0 Å². The SMILES string of the molecule is NCCN(CCN)CCNC(=O)Cc1c[nH]c(=O)[nH]c1=O. The van der Waals surface area contributed by atoms with Crippen molar-refractivity contribution in [2.75, 3.05) is 39.3 Å². The lowest BCUT2D eigenvalue weighted by Crippen LogP contribution is -2.40. The van der Waals surface area contributed by atoms with E-state index in [1.54, 1.807) is 0 Å². The van der Waals surface area contributed by atoms with Gasteiger partial charge in [0, 0.05) is 51.0 Å². The Morgan fingerprint density at radius 3 is 2.43 bits per heavy atom. The van der Waals surface area contributed by atoms with Crippen LogP contribution >= 0.6 is 0 Å². The second kappa shape index (κ2) is 9.06. The fourth-order valence-corrected chi connectivity index (χ4v) is 1.86. The van der Waals surface area contributed by atoms with Crippen LogP contribution in [0.1, 0.15) is 5.56 Å². The maximum Gasteiger partial charge on any atom is 0.325 e. The van der Waals surface area contributed by atoms with Gasteiger partial charge >= 0.3 is 5.69 Å². The Bertz CT molecular complexity index is 546. The number of aromatic nitrogens is 2. The average molecular weight is 298 g/mol. The summed E-state index contributed by atoms with van der Waals surface area (Å²) >= 11 is 0. The molecule has 0 aliphatic carbocycles. The van der Waals surface area contributed by atoms with E-state index in [9.17, 15) is 14.4 Å². The van der Waals surface area contributed by atoms with Crippen molar-refractivity contribution in [3.8, 4) is 0 Å². The van der Waals surface area contributed by atoms with Crippen LogP contribution < -0.4 is 28.0 Å². The Kier molecular flexibility index (Phi) is 7.37. The molecule has 1 heterocycles. The van der Waals surface area contributed by atoms with Crippen LogP contribution in [-0.4, -0.2) is 60.0 Å². The third kappa shape index (κ3) is 6.34. The summed E-state index contributed by atoms with van der Waals surface area (Å²) in [6.07, 6.45) is 1.16. The normalized spacial score (nSPS) is 10.8. The number of nitrogens with two attached hydrogens (primary N) is 2. The minimum atomic E-state index is -0.594. The average Bonchev–Trinajstić information content (AvgIpc) is 2.42. The highest BCUT2D eigenvalue weighted by Gasteiger charge is 2.08. The molecule has 0 unspecified atom stereocenters. The van der Waals surface area contributed by atoms with Gasteiger partial charge in [0.05, 0.1) is 6.42 Å². The smallest absolute Gasteiger partial charge is 0.325 e. The van der Waals surface area contributed by atoms with Gasteiger partial charge in [0.15, 0.2) is 0 Å². The minimum Gasteiger partial charge on any atom is -0.355 e. The zero-order valence-corrected chi connectivity index (χ0v) is 11.9. The molecular weight excluding hydrogens is 276 g/mol. The second-order valence-corrected chi connectivity index (χ2v) is 4.54. The summed E-state index contributed by atoms with van der Waals surface area (Å²) in [5.74, 6) is -0.284. The predicted molar refractivity (Wildman–Crippen MR) is 78.9 cm³/mol. The van der Waals surface area contributed by atoms with Gasteiger partial charge in [-0.2, -0.15) is 0 Å². The van der Waals surface area contributed by atoms with Crippen molar-refractivity contribution in [1.82, 2.24) is 20.2 Å². The number of aromatic amines is 2. The van der Waals surface area contributed by atoms with E-state index < -0.39 is 11.2 Å². The zero-order chi connectivity index (χ0) is 15.7. The summed E-state index contributed by atoms with van der Waals surface area (Å²) in [7, 11) is 0. The lowest BCUT2D eigenvalue weighted by atomic mass is 10.2. The highest BCUT2D eigenvalue weighted by atomic mass is 16.2. The van der Waals surface area contributed by atoms with Gasteiger partial charge in [0.1, 0.15) is 0 Å². The summed E-state index contributed by atoms with van der Waals surface area (Å²) in [4.78, 5) is 40.5. The second-order valence-electron chi connectivity index (χ2n) is 4.54. The van der Waals surface area contributed by atoms with Crippen LogP contribution in [0.2, 0.25) is 0 Å². The molecule has 7 N–H and O–H groups in total. The van der Waals surface area contributed by atoms with E-state index in [-0.39, 0.29) is 17.9 Å².